The summed E-state index contributed by atoms with van der Waals surface area (Å²) in [6.07, 6.45) is 4.30. The van der Waals surface area contributed by atoms with E-state index in [0.717, 1.165) is 31.2 Å². The number of hydrogen-bond acceptors (Lipinski definition) is 2. The first-order chi connectivity index (χ1) is 10.4. The number of aryl methyl sites for hydroxylation is 3. The minimum absolute atomic E-state index is 0.0378. The van der Waals surface area contributed by atoms with E-state index in [0.29, 0.717) is 12.3 Å². The summed E-state index contributed by atoms with van der Waals surface area (Å²) in [6, 6.07) is 6.64. The van der Waals surface area contributed by atoms with Crippen molar-refractivity contribution in [1.29, 1.82) is 5.26 Å². The van der Waals surface area contributed by atoms with Crippen LogP contribution in [0, 0.1) is 24.2 Å². The molecule has 1 saturated carbocycles. The van der Waals surface area contributed by atoms with Gasteiger partial charge in [0.15, 0.2) is 0 Å². The number of carbonyl (C=O) groups excluding carboxylic acids is 1. The molecule has 1 aliphatic carbocycles. The van der Waals surface area contributed by atoms with Crippen LogP contribution in [0.2, 0.25) is 0 Å². The van der Waals surface area contributed by atoms with Gasteiger partial charge in [0.2, 0.25) is 5.91 Å². The quantitative estimate of drug-likeness (QED) is 0.874. The fourth-order valence-electron chi connectivity index (χ4n) is 3.21. The molecule has 1 aromatic rings. The molecule has 0 bridgehead atoms. The Hall–Kier alpha value is -1.82. The van der Waals surface area contributed by atoms with Crippen molar-refractivity contribution in [3.8, 4) is 6.07 Å². The van der Waals surface area contributed by atoms with Crippen LogP contribution in [-0.4, -0.2) is 11.4 Å². The predicted molar refractivity (Wildman–Crippen MR) is 88.5 cm³/mol. The molecular weight excluding hydrogens is 272 g/mol. The summed E-state index contributed by atoms with van der Waals surface area (Å²) in [6.45, 7) is 8.19. The van der Waals surface area contributed by atoms with Gasteiger partial charge in [-0.1, -0.05) is 31.5 Å². The topological polar surface area (TPSA) is 52.9 Å². The Kier molecular flexibility index (Phi) is 4.90. The summed E-state index contributed by atoms with van der Waals surface area (Å²) in [5.41, 5.74) is 4.18. The molecule has 0 radical (unpaired) electrons. The van der Waals surface area contributed by atoms with Crippen LogP contribution in [0.25, 0.3) is 0 Å². The van der Waals surface area contributed by atoms with Gasteiger partial charge in [0.1, 0.15) is 5.54 Å². The van der Waals surface area contributed by atoms with Crippen molar-refractivity contribution in [2.75, 3.05) is 0 Å². The summed E-state index contributed by atoms with van der Waals surface area (Å²) in [4.78, 5) is 12.5. The van der Waals surface area contributed by atoms with Crippen molar-refractivity contribution < 1.29 is 4.79 Å². The van der Waals surface area contributed by atoms with Crippen LogP contribution < -0.4 is 5.32 Å². The molecule has 0 aliphatic heterocycles. The Balaban J connectivity index is 2.19. The van der Waals surface area contributed by atoms with E-state index in [1.54, 1.807) is 0 Å². The molecule has 2 rings (SSSR count). The van der Waals surface area contributed by atoms with Crippen molar-refractivity contribution in [2.24, 2.45) is 5.92 Å². The number of benzene rings is 1. The number of nitriles is 1. The molecule has 0 heterocycles. The number of nitrogens with one attached hydrogen (secondary N) is 1. The van der Waals surface area contributed by atoms with Gasteiger partial charge in [-0.3, -0.25) is 4.79 Å². The highest BCUT2D eigenvalue weighted by molar-refractivity contribution is 5.80. The summed E-state index contributed by atoms with van der Waals surface area (Å²) in [5, 5.41) is 12.4. The monoisotopic (exact) mass is 298 g/mol. The molecule has 118 valence electrons. The van der Waals surface area contributed by atoms with Crippen LogP contribution in [-0.2, 0) is 24.1 Å². The largest absolute Gasteiger partial charge is 0.338 e. The maximum absolute atomic E-state index is 12.5. The van der Waals surface area contributed by atoms with Gasteiger partial charge >= 0.3 is 0 Å². The van der Waals surface area contributed by atoms with Crippen molar-refractivity contribution in [3.05, 3.63) is 34.4 Å². The molecule has 3 heteroatoms. The number of amides is 1. The Morgan fingerprint density at radius 3 is 2.27 bits per heavy atom. The highest BCUT2D eigenvalue weighted by Crippen LogP contribution is 2.39. The standard InChI is InChI=1S/C19H26N2O/c1-5-14-9-13(3)10-15(6-2)17(14)11-18(22)21-19(4,12-20)16-7-8-16/h9-10,16H,5-8,11H2,1-4H3,(H,21,22). The van der Waals surface area contributed by atoms with Crippen molar-refractivity contribution >= 4 is 5.91 Å². The Morgan fingerprint density at radius 2 is 1.86 bits per heavy atom. The van der Waals surface area contributed by atoms with Crippen LogP contribution >= 0.6 is 0 Å². The van der Waals surface area contributed by atoms with Crippen LogP contribution in [0.3, 0.4) is 0 Å². The zero-order valence-electron chi connectivity index (χ0n) is 14.1. The molecule has 1 aliphatic rings. The van der Waals surface area contributed by atoms with Crippen LogP contribution in [0.4, 0.5) is 0 Å². The maximum Gasteiger partial charge on any atom is 0.225 e. The van der Waals surface area contributed by atoms with Crippen molar-refractivity contribution in [2.45, 2.75) is 65.3 Å². The van der Waals surface area contributed by atoms with Gasteiger partial charge in [-0.05, 0) is 62.1 Å². The van der Waals surface area contributed by atoms with E-state index in [4.69, 9.17) is 0 Å². The molecule has 1 unspecified atom stereocenters. The average Bonchev–Trinajstić information content (AvgIpc) is 3.33. The lowest BCUT2D eigenvalue weighted by Gasteiger charge is -2.24. The predicted octanol–water partition coefficient (Wildman–Crippen LogP) is 3.47. The first-order valence-corrected chi connectivity index (χ1v) is 8.27. The second-order valence-corrected chi connectivity index (χ2v) is 6.58. The third kappa shape index (κ3) is 3.50. The number of nitrogens with zero attached hydrogens (tertiary/aromatic N) is 1. The molecule has 3 nitrogen and oxygen atoms in total. The maximum atomic E-state index is 12.5. The lowest BCUT2D eigenvalue weighted by Crippen LogP contribution is -2.47. The average molecular weight is 298 g/mol. The molecule has 0 spiro atoms. The number of carbonyl (C=O) groups is 1. The van der Waals surface area contributed by atoms with Gasteiger partial charge in [-0.25, -0.2) is 0 Å². The van der Waals surface area contributed by atoms with E-state index in [-0.39, 0.29) is 5.91 Å². The van der Waals surface area contributed by atoms with Crippen molar-refractivity contribution in [1.82, 2.24) is 5.32 Å². The summed E-state index contributed by atoms with van der Waals surface area (Å²) < 4.78 is 0. The lowest BCUT2D eigenvalue weighted by molar-refractivity contribution is -0.121. The molecular formula is C19H26N2O. The van der Waals surface area contributed by atoms with E-state index in [1.165, 1.54) is 16.7 Å². The molecule has 1 fully saturated rings. The molecule has 1 aromatic carbocycles. The first-order valence-electron chi connectivity index (χ1n) is 8.27. The highest BCUT2D eigenvalue weighted by atomic mass is 16.1. The molecule has 22 heavy (non-hydrogen) atoms. The zero-order valence-corrected chi connectivity index (χ0v) is 14.1. The van der Waals surface area contributed by atoms with Gasteiger partial charge in [-0.2, -0.15) is 5.26 Å². The van der Waals surface area contributed by atoms with E-state index in [1.807, 2.05) is 6.92 Å². The second kappa shape index (κ2) is 6.52. The Bertz CT molecular complexity index is 585. The van der Waals surface area contributed by atoms with Crippen molar-refractivity contribution in [3.63, 3.8) is 0 Å². The fraction of sp³-hybridized carbons (Fsp3) is 0.579. The van der Waals surface area contributed by atoms with Crippen LogP contribution in [0.1, 0.15) is 55.9 Å². The lowest BCUT2D eigenvalue weighted by atomic mass is 9.91. The molecule has 1 atom stereocenters. The smallest absolute Gasteiger partial charge is 0.225 e. The zero-order chi connectivity index (χ0) is 16.3. The third-order valence-corrected chi connectivity index (χ3v) is 4.70. The minimum atomic E-state index is -0.708. The van der Waals surface area contributed by atoms with Gasteiger partial charge in [0, 0.05) is 0 Å². The van der Waals surface area contributed by atoms with E-state index >= 15 is 0 Å². The highest BCUT2D eigenvalue weighted by Gasteiger charge is 2.43. The van der Waals surface area contributed by atoms with Gasteiger partial charge in [0.05, 0.1) is 12.5 Å². The number of hydrogen-bond donors (Lipinski definition) is 1. The Labute approximate surface area is 133 Å². The number of rotatable bonds is 6. The van der Waals surface area contributed by atoms with Gasteiger partial charge < -0.3 is 5.32 Å². The molecule has 0 aromatic heterocycles. The van der Waals surface area contributed by atoms with Gasteiger partial charge in [0.25, 0.3) is 0 Å². The van der Waals surface area contributed by atoms with E-state index < -0.39 is 5.54 Å². The van der Waals surface area contributed by atoms with Crippen LogP contribution in [0.5, 0.6) is 0 Å². The van der Waals surface area contributed by atoms with Gasteiger partial charge in [-0.15, -0.1) is 0 Å². The normalized spacial score (nSPS) is 16.7. The molecule has 1 amide bonds. The minimum Gasteiger partial charge on any atom is -0.338 e. The van der Waals surface area contributed by atoms with Crippen LogP contribution in [0.15, 0.2) is 12.1 Å². The molecule has 1 N–H and O–H groups in total. The third-order valence-electron chi connectivity index (χ3n) is 4.70. The summed E-state index contributed by atoms with van der Waals surface area (Å²) in [7, 11) is 0. The Morgan fingerprint density at radius 1 is 1.32 bits per heavy atom. The second-order valence-electron chi connectivity index (χ2n) is 6.58. The van der Waals surface area contributed by atoms with E-state index in [9.17, 15) is 10.1 Å². The molecule has 0 saturated heterocycles. The SMILES string of the molecule is CCc1cc(C)cc(CC)c1CC(=O)NC(C)(C#N)C1CC1. The fourth-order valence-corrected chi connectivity index (χ4v) is 3.21. The van der Waals surface area contributed by atoms with E-state index in [2.05, 4.69) is 44.3 Å². The summed E-state index contributed by atoms with van der Waals surface area (Å²) in [5.74, 6) is 0.278. The summed E-state index contributed by atoms with van der Waals surface area (Å²) >= 11 is 0. The first kappa shape index (κ1) is 16.5.